The maximum Gasteiger partial charge on any atom is 0.266 e. The maximum absolute atomic E-state index is 14.6. The maximum atomic E-state index is 14.6. The van der Waals surface area contributed by atoms with Crippen molar-refractivity contribution in [1.29, 1.82) is 0 Å². The summed E-state index contributed by atoms with van der Waals surface area (Å²) in [5.41, 5.74) is 1.17. The van der Waals surface area contributed by atoms with Gasteiger partial charge in [-0.05, 0) is 24.4 Å². The number of piperidine rings is 1. The molecule has 1 saturated heterocycles. The van der Waals surface area contributed by atoms with Gasteiger partial charge in [-0.3, -0.25) is 4.72 Å². The summed E-state index contributed by atoms with van der Waals surface area (Å²) in [5, 5.41) is 3.26. The lowest BCUT2D eigenvalue weighted by atomic mass is 9.81. The number of nitrogens with one attached hydrogen (secondary N) is 2. The number of hydrogen-bond donors (Lipinski definition) is 2. The zero-order valence-electron chi connectivity index (χ0n) is 16.3. The molecule has 0 unspecified atom stereocenters. The van der Waals surface area contributed by atoms with Gasteiger partial charge in [-0.25, -0.2) is 22.2 Å². The van der Waals surface area contributed by atoms with E-state index in [0.717, 1.165) is 36.9 Å². The van der Waals surface area contributed by atoms with Crippen molar-refractivity contribution < 1.29 is 21.9 Å². The average molecular weight is 467 g/mol. The van der Waals surface area contributed by atoms with Crippen LogP contribution in [0.5, 0.6) is 5.75 Å². The molecule has 31 heavy (non-hydrogen) atoms. The number of aromatic nitrogens is 2. The third-order valence-electron chi connectivity index (χ3n) is 5.15. The molecule has 2 aromatic carbocycles. The van der Waals surface area contributed by atoms with Gasteiger partial charge in [0.25, 0.3) is 10.0 Å². The van der Waals surface area contributed by atoms with Crippen LogP contribution in [-0.4, -0.2) is 37.5 Å². The van der Waals surface area contributed by atoms with Crippen LogP contribution in [0.1, 0.15) is 17.9 Å². The fraction of sp³-hybridized carbons (Fsp3) is 0.300. The molecule has 1 fully saturated rings. The topological polar surface area (TPSA) is 93.2 Å². The van der Waals surface area contributed by atoms with E-state index in [1.54, 1.807) is 0 Å². The number of anilines is 1. The van der Waals surface area contributed by atoms with Crippen LogP contribution in [0.3, 0.4) is 0 Å². The molecule has 0 radical (unpaired) electrons. The molecule has 11 heteroatoms. The van der Waals surface area contributed by atoms with E-state index < -0.39 is 26.6 Å². The fourth-order valence-corrected chi connectivity index (χ4v) is 5.38. The first kappa shape index (κ1) is 21.6. The van der Waals surface area contributed by atoms with Gasteiger partial charge in [-0.15, -0.1) is 0 Å². The molecular formula is C20H20F2N4O3S2. The van der Waals surface area contributed by atoms with Crippen molar-refractivity contribution in [3.63, 3.8) is 0 Å². The lowest BCUT2D eigenvalue weighted by molar-refractivity contribution is 0.190. The largest absolute Gasteiger partial charge is 0.490 e. The van der Waals surface area contributed by atoms with Crippen LogP contribution >= 0.6 is 11.5 Å². The number of sulfonamides is 1. The van der Waals surface area contributed by atoms with Gasteiger partial charge in [-0.2, -0.15) is 4.37 Å². The Morgan fingerprint density at radius 1 is 1.19 bits per heavy atom. The normalized spacial score (nSPS) is 19.2. The van der Waals surface area contributed by atoms with E-state index in [1.165, 1.54) is 5.56 Å². The molecule has 0 amide bonds. The van der Waals surface area contributed by atoms with Crippen molar-refractivity contribution in [2.24, 2.45) is 5.92 Å². The summed E-state index contributed by atoms with van der Waals surface area (Å²) < 4.78 is 65.2. The highest BCUT2D eigenvalue weighted by molar-refractivity contribution is 7.93. The summed E-state index contributed by atoms with van der Waals surface area (Å²) >= 11 is 0.782. The van der Waals surface area contributed by atoms with Crippen LogP contribution in [-0.2, 0) is 10.0 Å². The van der Waals surface area contributed by atoms with Crippen LogP contribution in [0.4, 0.5) is 13.9 Å². The molecule has 0 aliphatic carbocycles. The van der Waals surface area contributed by atoms with E-state index in [-0.39, 0.29) is 29.3 Å². The minimum Gasteiger partial charge on any atom is -0.490 e. The van der Waals surface area contributed by atoms with Gasteiger partial charge < -0.3 is 10.1 Å². The minimum absolute atomic E-state index is 0.0445. The highest BCUT2D eigenvalue weighted by Gasteiger charge is 2.28. The zero-order chi connectivity index (χ0) is 21.8. The Labute approximate surface area is 182 Å². The molecule has 4 rings (SSSR count). The second-order valence-corrected chi connectivity index (χ2v) is 9.58. The Hall–Kier alpha value is -2.63. The van der Waals surface area contributed by atoms with Crippen LogP contribution in [0, 0.1) is 17.6 Å². The quantitative estimate of drug-likeness (QED) is 0.555. The van der Waals surface area contributed by atoms with Gasteiger partial charge in [0, 0.05) is 36.1 Å². The second-order valence-electron chi connectivity index (χ2n) is 7.15. The molecule has 0 spiro atoms. The average Bonchev–Trinajstić information content (AvgIpc) is 3.27. The van der Waals surface area contributed by atoms with E-state index in [1.807, 2.05) is 30.3 Å². The van der Waals surface area contributed by atoms with Gasteiger partial charge in [0.1, 0.15) is 17.0 Å². The van der Waals surface area contributed by atoms with Crippen LogP contribution < -0.4 is 14.8 Å². The van der Waals surface area contributed by atoms with Crippen LogP contribution in [0.2, 0.25) is 0 Å². The van der Waals surface area contributed by atoms with E-state index in [9.17, 15) is 17.2 Å². The Morgan fingerprint density at radius 2 is 2.00 bits per heavy atom. The predicted molar refractivity (Wildman–Crippen MR) is 113 cm³/mol. The Bertz CT molecular complexity index is 1130. The Kier molecular flexibility index (Phi) is 6.44. The van der Waals surface area contributed by atoms with Crippen LogP contribution in [0.25, 0.3) is 0 Å². The second kappa shape index (κ2) is 9.25. The first-order chi connectivity index (χ1) is 14.9. The first-order valence-electron chi connectivity index (χ1n) is 9.61. The van der Waals surface area contributed by atoms with E-state index >= 15 is 0 Å². The SMILES string of the molecule is O=S(=O)(Nc1ncns1)c1cc(F)c(OC[C@H]2CNCC[C@@H]2c2ccccc2)cc1F. The molecule has 0 bridgehead atoms. The molecule has 1 aromatic heterocycles. The highest BCUT2D eigenvalue weighted by Crippen LogP contribution is 2.32. The molecule has 7 nitrogen and oxygen atoms in total. The Balaban J connectivity index is 1.49. The number of ether oxygens (including phenoxy) is 1. The molecule has 1 aliphatic heterocycles. The number of hydrogen-bond acceptors (Lipinski definition) is 7. The minimum atomic E-state index is -4.36. The zero-order valence-corrected chi connectivity index (χ0v) is 17.9. The third-order valence-corrected chi connectivity index (χ3v) is 7.21. The van der Waals surface area contributed by atoms with E-state index in [2.05, 4.69) is 19.4 Å². The molecule has 3 aromatic rings. The summed E-state index contributed by atoms with van der Waals surface area (Å²) in [4.78, 5) is 2.86. The van der Waals surface area contributed by atoms with Crippen molar-refractivity contribution in [3.8, 4) is 5.75 Å². The smallest absolute Gasteiger partial charge is 0.266 e. The summed E-state index contributed by atoms with van der Waals surface area (Å²) in [6, 6.07) is 11.4. The molecule has 164 valence electrons. The molecule has 2 N–H and O–H groups in total. The van der Waals surface area contributed by atoms with Crippen LogP contribution in [0.15, 0.2) is 53.7 Å². The number of halogens is 2. The molecule has 2 heterocycles. The number of benzene rings is 2. The lowest BCUT2D eigenvalue weighted by Crippen LogP contribution is -2.38. The molecule has 2 atom stereocenters. The Morgan fingerprint density at radius 3 is 2.74 bits per heavy atom. The standard InChI is InChI=1S/C20H20F2N4O3S2/c21-16-9-19(31(27,28)26-20-24-12-25-30-20)17(22)8-18(16)29-11-14-10-23-7-6-15(14)13-4-2-1-3-5-13/h1-5,8-9,12,14-15,23H,6-7,10-11H2,(H,24,25,26)/t14-,15-/m1/s1. The van der Waals surface area contributed by atoms with Crippen molar-refractivity contribution in [2.45, 2.75) is 17.2 Å². The fourth-order valence-electron chi connectivity index (χ4n) is 3.65. The van der Waals surface area contributed by atoms with Crippen molar-refractivity contribution in [1.82, 2.24) is 14.7 Å². The number of rotatable bonds is 7. The summed E-state index contributed by atoms with van der Waals surface area (Å²) in [6.07, 6.45) is 2.06. The summed E-state index contributed by atoms with van der Waals surface area (Å²) in [5.74, 6) is -2.12. The van der Waals surface area contributed by atoms with Crippen molar-refractivity contribution in [2.75, 3.05) is 24.4 Å². The summed E-state index contributed by atoms with van der Waals surface area (Å²) in [6.45, 7) is 1.72. The van der Waals surface area contributed by atoms with Gasteiger partial charge in [0.05, 0.1) is 6.61 Å². The van der Waals surface area contributed by atoms with Gasteiger partial charge in [-0.1, -0.05) is 30.3 Å². The summed E-state index contributed by atoms with van der Waals surface area (Å²) in [7, 11) is -4.36. The molecule has 1 aliphatic rings. The predicted octanol–water partition coefficient (Wildman–Crippen LogP) is 3.39. The van der Waals surface area contributed by atoms with Gasteiger partial charge in [0.15, 0.2) is 11.6 Å². The monoisotopic (exact) mass is 466 g/mol. The molecule has 0 saturated carbocycles. The van der Waals surface area contributed by atoms with Gasteiger partial charge >= 0.3 is 0 Å². The van der Waals surface area contributed by atoms with Crippen molar-refractivity contribution >= 4 is 26.7 Å². The lowest BCUT2D eigenvalue weighted by Gasteiger charge is -2.32. The third kappa shape index (κ3) is 5.00. The van der Waals surface area contributed by atoms with E-state index in [0.29, 0.717) is 12.6 Å². The first-order valence-corrected chi connectivity index (χ1v) is 11.9. The molecular weight excluding hydrogens is 446 g/mol. The van der Waals surface area contributed by atoms with Gasteiger partial charge in [0.2, 0.25) is 5.13 Å². The number of nitrogens with zero attached hydrogens (tertiary/aromatic N) is 2. The van der Waals surface area contributed by atoms with Crippen molar-refractivity contribution in [3.05, 3.63) is 66.0 Å². The van der Waals surface area contributed by atoms with E-state index in [4.69, 9.17) is 4.74 Å². The highest BCUT2D eigenvalue weighted by atomic mass is 32.2.